The highest BCUT2D eigenvalue weighted by Crippen LogP contribution is 2.27. The minimum atomic E-state index is 0.429. The summed E-state index contributed by atoms with van der Waals surface area (Å²) in [6.45, 7) is 7.66. The monoisotopic (exact) mass is 252 g/mol. The van der Waals surface area contributed by atoms with E-state index in [0.717, 1.165) is 50.6 Å². The SMILES string of the molecule is CNCCCc1noc(C2CCN(C(C)C)C2)n1. The molecule has 1 unspecified atom stereocenters. The summed E-state index contributed by atoms with van der Waals surface area (Å²) in [6, 6.07) is 0.605. The van der Waals surface area contributed by atoms with Gasteiger partial charge in [-0.05, 0) is 46.8 Å². The van der Waals surface area contributed by atoms with Crippen molar-refractivity contribution in [1.82, 2.24) is 20.4 Å². The van der Waals surface area contributed by atoms with Crippen molar-refractivity contribution >= 4 is 0 Å². The van der Waals surface area contributed by atoms with Crippen LogP contribution in [0.15, 0.2) is 4.52 Å². The molecule has 5 heteroatoms. The quantitative estimate of drug-likeness (QED) is 0.776. The second kappa shape index (κ2) is 6.29. The minimum absolute atomic E-state index is 0.429. The van der Waals surface area contributed by atoms with Crippen molar-refractivity contribution in [3.05, 3.63) is 11.7 Å². The Kier molecular flexibility index (Phi) is 4.72. The number of likely N-dealkylation sites (tertiary alicyclic amines) is 1. The summed E-state index contributed by atoms with van der Waals surface area (Å²) < 4.78 is 5.40. The molecule has 5 nitrogen and oxygen atoms in total. The number of rotatable bonds is 6. The van der Waals surface area contributed by atoms with Gasteiger partial charge in [-0.2, -0.15) is 4.98 Å². The normalized spacial score (nSPS) is 21.0. The van der Waals surface area contributed by atoms with Crippen LogP contribution in [0.25, 0.3) is 0 Å². The smallest absolute Gasteiger partial charge is 0.231 e. The van der Waals surface area contributed by atoms with Crippen LogP contribution < -0.4 is 5.32 Å². The highest BCUT2D eigenvalue weighted by atomic mass is 16.5. The fourth-order valence-corrected chi connectivity index (χ4v) is 2.42. The molecule has 0 amide bonds. The Morgan fingerprint density at radius 2 is 2.33 bits per heavy atom. The molecule has 1 N–H and O–H groups in total. The summed E-state index contributed by atoms with van der Waals surface area (Å²) >= 11 is 0. The van der Waals surface area contributed by atoms with E-state index in [1.54, 1.807) is 0 Å². The first-order valence-corrected chi connectivity index (χ1v) is 6.92. The van der Waals surface area contributed by atoms with Gasteiger partial charge in [0.15, 0.2) is 5.82 Å². The molecule has 1 atom stereocenters. The predicted octanol–water partition coefficient (Wildman–Crippen LogP) is 1.42. The molecule has 0 radical (unpaired) electrons. The zero-order chi connectivity index (χ0) is 13.0. The molecule has 102 valence electrons. The average Bonchev–Trinajstić information content (AvgIpc) is 2.97. The van der Waals surface area contributed by atoms with Gasteiger partial charge in [-0.1, -0.05) is 5.16 Å². The first-order chi connectivity index (χ1) is 8.70. The van der Waals surface area contributed by atoms with Gasteiger partial charge in [0.05, 0.1) is 5.92 Å². The van der Waals surface area contributed by atoms with Crippen LogP contribution in [0, 0.1) is 0 Å². The van der Waals surface area contributed by atoms with E-state index in [9.17, 15) is 0 Å². The molecule has 1 fully saturated rings. The second-order valence-electron chi connectivity index (χ2n) is 5.33. The maximum Gasteiger partial charge on any atom is 0.231 e. The Hall–Kier alpha value is -0.940. The van der Waals surface area contributed by atoms with Gasteiger partial charge in [-0.15, -0.1) is 0 Å². The molecular weight excluding hydrogens is 228 g/mol. The number of aryl methyl sites for hydroxylation is 1. The summed E-state index contributed by atoms with van der Waals surface area (Å²) in [5.74, 6) is 2.11. The van der Waals surface area contributed by atoms with Crippen LogP contribution in [0.5, 0.6) is 0 Å². The Labute approximate surface area is 109 Å². The Bertz CT molecular complexity index is 364. The fraction of sp³-hybridized carbons (Fsp3) is 0.846. The summed E-state index contributed by atoms with van der Waals surface area (Å²) in [5.41, 5.74) is 0. The van der Waals surface area contributed by atoms with E-state index < -0.39 is 0 Å². The summed E-state index contributed by atoms with van der Waals surface area (Å²) in [7, 11) is 1.96. The number of aromatic nitrogens is 2. The average molecular weight is 252 g/mol. The van der Waals surface area contributed by atoms with E-state index in [1.165, 1.54) is 0 Å². The largest absolute Gasteiger partial charge is 0.339 e. The van der Waals surface area contributed by atoms with Gasteiger partial charge in [0.2, 0.25) is 5.89 Å². The first kappa shape index (κ1) is 13.5. The van der Waals surface area contributed by atoms with Crippen molar-refractivity contribution in [3.63, 3.8) is 0 Å². The molecule has 0 bridgehead atoms. The number of nitrogens with one attached hydrogen (secondary N) is 1. The lowest BCUT2D eigenvalue weighted by atomic mass is 10.1. The van der Waals surface area contributed by atoms with Crippen LogP contribution in [0.3, 0.4) is 0 Å². The molecule has 0 saturated carbocycles. The van der Waals surface area contributed by atoms with Crippen molar-refractivity contribution in [2.75, 3.05) is 26.7 Å². The zero-order valence-electron chi connectivity index (χ0n) is 11.6. The maximum absolute atomic E-state index is 5.40. The molecule has 2 heterocycles. The molecule has 1 aromatic heterocycles. The lowest BCUT2D eigenvalue weighted by Crippen LogP contribution is -2.27. The molecule has 0 spiro atoms. The molecular formula is C13H24N4O. The third-order valence-electron chi connectivity index (χ3n) is 3.61. The zero-order valence-corrected chi connectivity index (χ0v) is 11.6. The van der Waals surface area contributed by atoms with E-state index in [1.807, 2.05) is 7.05 Å². The Morgan fingerprint density at radius 1 is 1.50 bits per heavy atom. The molecule has 0 aromatic carbocycles. The van der Waals surface area contributed by atoms with Gasteiger partial charge in [0.1, 0.15) is 0 Å². The standard InChI is InChI=1S/C13H24N4O/c1-10(2)17-8-6-11(9-17)13-15-12(16-18-13)5-4-7-14-3/h10-11,14H,4-9H2,1-3H3. The van der Waals surface area contributed by atoms with E-state index in [0.29, 0.717) is 12.0 Å². The summed E-state index contributed by atoms with van der Waals surface area (Å²) in [5, 5.41) is 7.20. The summed E-state index contributed by atoms with van der Waals surface area (Å²) in [4.78, 5) is 6.99. The van der Waals surface area contributed by atoms with Crippen LogP contribution in [0.1, 0.15) is 44.3 Å². The number of hydrogen-bond donors (Lipinski definition) is 1. The van der Waals surface area contributed by atoms with E-state index in [4.69, 9.17) is 4.52 Å². The maximum atomic E-state index is 5.40. The molecule has 18 heavy (non-hydrogen) atoms. The molecule has 1 aromatic rings. The number of nitrogens with zero attached hydrogens (tertiary/aromatic N) is 3. The molecule has 0 aliphatic carbocycles. The topological polar surface area (TPSA) is 54.2 Å². The van der Waals surface area contributed by atoms with Gasteiger partial charge in [-0.3, -0.25) is 0 Å². The van der Waals surface area contributed by atoms with Crippen molar-refractivity contribution in [3.8, 4) is 0 Å². The first-order valence-electron chi connectivity index (χ1n) is 6.92. The third-order valence-corrected chi connectivity index (χ3v) is 3.61. The van der Waals surface area contributed by atoms with E-state index >= 15 is 0 Å². The van der Waals surface area contributed by atoms with Gasteiger partial charge in [-0.25, -0.2) is 0 Å². The van der Waals surface area contributed by atoms with Crippen molar-refractivity contribution in [1.29, 1.82) is 0 Å². The highest BCUT2D eigenvalue weighted by molar-refractivity contribution is 4.99. The Balaban J connectivity index is 1.86. The fourth-order valence-electron chi connectivity index (χ4n) is 2.42. The second-order valence-corrected chi connectivity index (χ2v) is 5.33. The molecule has 2 rings (SSSR count). The third kappa shape index (κ3) is 3.29. The van der Waals surface area contributed by atoms with Crippen LogP contribution >= 0.6 is 0 Å². The van der Waals surface area contributed by atoms with Gasteiger partial charge in [0.25, 0.3) is 0 Å². The van der Waals surface area contributed by atoms with Crippen molar-refractivity contribution in [2.24, 2.45) is 0 Å². The van der Waals surface area contributed by atoms with Crippen LogP contribution in [-0.2, 0) is 6.42 Å². The predicted molar refractivity (Wildman–Crippen MR) is 70.6 cm³/mol. The Morgan fingerprint density at radius 3 is 3.00 bits per heavy atom. The summed E-state index contributed by atoms with van der Waals surface area (Å²) in [6.07, 6.45) is 3.08. The van der Waals surface area contributed by atoms with Crippen LogP contribution in [0.2, 0.25) is 0 Å². The van der Waals surface area contributed by atoms with Crippen molar-refractivity contribution in [2.45, 2.75) is 45.1 Å². The highest BCUT2D eigenvalue weighted by Gasteiger charge is 2.29. The lowest BCUT2D eigenvalue weighted by Gasteiger charge is -2.19. The van der Waals surface area contributed by atoms with Gasteiger partial charge < -0.3 is 14.7 Å². The van der Waals surface area contributed by atoms with Gasteiger partial charge in [0, 0.05) is 19.0 Å². The van der Waals surface area contributed by atoms with E-state index in [2.05, 4.69) is 34.2 Å². The van der Waals surface area contributed by atoms with Crippen molar-refractivity contribution < 1.29 is 4.52 Å². The molecule has 1 saturated heterocycles. The minimum Gasteiger partial charge on any atom is -0.339 e. The van der Waals surface area contributed by atoms with Crippen LogP contribution in [0.4, 0.5) is 0 Å². The van der Waals surface area contributed by atoms with Crippen LogP contribution in [-0.4, -0.2) is 47.8 Å². The lowest BCUT2D eigenvalue weighted by molar-refractivity contribution is 0.265. The molecule has 1 aliphatic rings. The number of hydrogen-bond acceptors (Lipinski definition) is 5. The molecule has 1 aliphatic heterocycles. The van der Waals surface area contributed by atoms with E-state index in [-0.39, 0.29) is 0 Å². The van der Waals surface area contributed by atoms with Gasteiger partial charge >= 0.3 is 0 Å².